The molecule has 0 amide bonds. The third-order valence-corrected chi connectivity index (χ3v) is 4.46. The predicted molar refractivity (Wildman–Crippen MR) is 78.3 cm³/mol. The van der Waals surface area contributed by atoms with Crippen molar-refractivity contribution in [1.29, 1.82) is 0 Å². The highest BCUT2D eigenvalue weighted by atomic mass is 19.1. The molecule has 3 heteroatoms. The maximum absolute atomic E-state index is 13.0. The van der Waals surface area contributed by atoms with Crippen molar-refractivity contribution in [2.75, 3.05) is 12.8 Å². The van der Waals surface area contributed by atoms with E-state index in [2.05, 4.69) is 25.8 Å². The summed E-state index contributed by atoms with van der Waals surface area (Å²) in [6.45, 7) is 5.50. The van der Waals surface area contributed by atoms with Gasteiger partial charge in [-0.15, -0.1) is 0 Å². The Hall–Kier alpha value is -1.09. The zero-order valence-corrected chi connectivity index (χ0v) is 12.2. The van der Waals surface area contributed by atoms with Crippen LogP contribution in [0.2, 0.25) is 0 Å². The van der Waals surface area contributed by atoms with Gasteiger partial charge in [-0.25, -0.2) is 4.39 Å². The Labute approximate surface area is 115 Å². The molecule has 0 unspecified atom stereocenters. The highest BCUT2D eigenvalue weighted by molar-refractivity contribution is 5.46. The normalized spacial score (nSPS) is 19.8. The number of anilines is 1. The van der Waals surface area contributed by atoms with Crippen molar-refractivity contribution in [2.24, 2.45) is 5.41 Å². The van der Waals surface area contributed by atoms with Gasteiger partial charge >= 0.3 is 0 Å². The molecule has 0 saturated heterocycles. The summed E-state index contributed by atoms with van der Waals surface area (Å²) in [6.07, 6.45) is 5.04. The first-order chi connectivity index (χ1) is 8.87. The smallest absolute Gasteiger partial charge is 0.125 e. The fraction of sp³-hybridized carbons (Fsp3) is 0.625. The molecule has 0 heterocycles. The number of nitrogens with two attached hydrogens (primary N) is 1. The molecular formula is C16H25FN2. The summed E-state index contributed by atoms with van der Waals surface area (Å²) in [5.74, 6) is -0.261. The van der Waals surface area contributed by atoms with Gasteiger partial charge in [-0.2, -0.15) is 0 Å². The number of hydrogen-bond acceptors (Lipinski definition) is 2. The molecule has 1 aliphatic rings. The number of nitrogens with zero attached hydrogens (tertiary/aromatic N) is 1. The minimum atomic E-state index is -0.261. The van der Waals surface area contributed by atoms with E-state index in [9.17, 15) is 4.39 Å². The molecule has 0 aliphatic heterocycles. The molecule has 0 spiro atoms. The van der Waals surface area contributed by atoms with Crippen molar-refractivity contribution < 1.29 is 4.39 Å². The Morgan fingerprint density at radius 3 is 2.53 bits per heavy atom. The van der Waals surface area contributed by atoms with Crippen LogP contribution in [0.4, 0.5) is 10.1 Å². The van der Waals surface area contributed by atoms with Crippen molar-refractivity contribution in [3.8, 4) is 0 Å². The Morgan fingerprint density at radius 1 is 1.32 bits per heavy atom. The molecule has 0 aromatic heterocycles. The van der Waals surface area contributed by atoms with Crippen LogP contribution in [0, 0.1) is 11.2 Å². The summed E-state index contributed by atoms with van der Waals surface area (Å²) in [7, 11) is 2.14. The second kappa shape index (κ2) is 5.49. The molecule has 0 atom stereocenters. The zero-order valence-electron chi connectivity index (χ0n) is 12.2. The first-order valence-electron chi connectivity index (χ1n) is 7.11. The lowest BCUT2D eigenvalue weighted by molar-refractivity contribution is 0.123. The van der Waals surface area contributed by atoms with Crippen LogP contribution in [0.3, 0.4) is 0 Å². The minimum absolute atomic E-state index is 0.261. The number of halogens is 1. The van der Waals surface area contributed by atoms with Gasteiger partial charge in [0.05, 0.1) is 0 Å². The van der Waals surface area contributed by atoms with E-state index in [0.717, 1.165) is 12.1 Å². The molecule has 1 saturated carbocycles. The molecule has 1 aromatic rings. The minimum Gasteiger partial charge on any atom is -0.398 e. The fourth-order valence-electron chi connectivity index (χ4n) is 2.93. The zero-order chi connectivity index (χ0) is 14.0. The third kappa shape index (κ3) is 3.69. The Kier molecular flexibility index (Phi) is 4.14. The third-order valence-electron chi connectivity index (χ3n) is 4.46. The van der Waals surface area contributed by atoms with Gasteiger partial charge in [0.1, 0.15) is 5.82 Å². The molecular weight excluding hydrogens is 239 g/mol. The van der Waals surface area contributed by atoms with Crippen LogP contribution in [0.15, 0.2) is 18.2 Å². The molecule has 19 heavy (non-hydrogen) atoms. The Bertz CT molecular complexity index is 432. The standard InChI is InChI=1S/C16H25FN2/c1-16(2)8-6-14(7-9-16)19(3)11-12-4-5-13(17)10-15(12)18/h4-5,10,14H,6-9,11,18H2,1-3H3. The molecule has 1 aliphatic carbocycles. The van der Waals surface area contributed by atoms with Crippen molar-refractivity contribution in [2.45, 2.75) is 52.1 Å². The summed E-state index contributed by atoms with van der Waals surface area (Å²) in [4.78, 5) is 2.36. The number of nitrogen functional groups attached to an aromatic ring is 1. The summed E-state index contributed by atoms with van der Waals surface area (Å²) in [5.41, 5.74) is 7.95. The lowest BCUT2D eigenvalue weighted by Crippen LogP contribution is -2.36. The van der Waals surface area contributed by atoms with Gasteiger partial charge < -0.3 is 5.73 Å². The summed E-state index contributed by atoms with van der Waals surface area (Å²) >= 11 is 0. The largest absolute Gasteiger partial charge is 0.398 e. The fourth-order valence-corrected chi connectivity index (χ4v) is 2.93. The van der Waals surface area contributed by atoms with Crippen LogP contribution in [0.5, 0.6) is 0 Å². The topological polar surface area (TPSA) is 29.3 Å². The summed E-state index contributed by atoms with van der Waals surface area (Å²) < 4.78 is 13.0. The average Bonchev–Trinajstić information content (AvgIpc) is 2.32. The molecule has 0 radical (unpaired) electrons. The molecule has 2 nitrogen and oxygen atoms in total. The Morgan fingerprint density at radius 2 is 1.95 bits per heavy atom. The Balaban J connectivity index is 1.96. The van der Waals surface area contributed by atoms with Gasteiger partial charge in [0.2, 0.25) is 0 Å². The average molecular weight is 264 g/mol. The molecule has 106 valence electrons. The lowest BCUT2D eigenvalue weighted by Gasteiger charge is -2.38. The number of rotatable bonds is 3. The van der Waals surface area contributed by atoms with Gasteiger partial charge in [0.25, 0.3) is 0 Å². The van der Waals surface area contributed by atoms with Crippen LogP contribution in [0.1, 0.15) is 45.1 Å². The molecule has 2 rings (SSSR count). The van der Waals surface area contributed by atoms with Crippen LogP contribution >= 0.6 is 0 Å². The van der Waals surface area contributed by atoms with Gasteiger partial charge in [-0.05, 0) is 55.8 Å². The van der Waals surface area contributed by atoms with E-state index in [-0.39, 0.29) is 5.82 Å². The van der Waals surface area contributed by atoms with E-state index in [4.69, 9.17) is 5.73 Å². The van der Waals surface area contributed by atoms with Crippen LogP contribution in [0.25, 0.3) is 0 Å². The van der Waals surface area contributed by atoms with E-state index in [1.165, 1.54) is 37.8 Å². The van der Waals surface area contributed by atoms with E-state index in [0.29, 0.717) is 17.1 Å². The van der Waals surface area contributed by atoms with Crippen molar-refractivity contribution in [1.82, 2.24) is 4.90 Å². The van der Waals surface area contributed by atoms with Crippen LogP contribution in [-0.4, -0.2) is 18.0 Å². The maximum atomic E-state index is 13.0. The van der Waals surface area contributed by atoms with Gasteiger partial charge in [0, 0.05) is 18.3 Å². The van der Waals surface area contributed by atoms with Crippen molar-refractivity contribution in [3.05, 3.63) is 29.6 Å². The predicted octanol–water partition coefficient (Wildman–Crippen LogP) is 3.81. The van der Waals surface area contributed by atoms with E-state index >= 15 is 0 Å². The molecule has 0 bridgehead atoms. The second-order valence-corrected chi connectivity index (χ2v) is 6.65. The van der Waals surface area contributed by atoms with Gasteiger partial charge in [-0.3, -0.25) is 4.90 Å². The monoisotopic (exact) mass is 264 g/mol. The highest BCUT2D eigenvalue weighted by Crippen LogP contribution is 2.37. The van der Waals surface area contributed by atoms with E-state index < -0.39 is 0 Å². The number of hydrogen-bond donors (Lipinski definition) is 1. The first-order valence-corrected chi connectivity index (χ1v) is 7.11. The lowest BCUT2D eigenvalue weighted by atomic mass is 9.75. The van der Waals surface area contributed by atoms with E-state index in [1.54, 1.807) is 6.07 Å². The van der Waals surface area contributed by atoms with Crippen LogP contribution in [-0.2, 0) is 6.54 Å². The summed E-state index contributed by atoms with van der Waals surface area (Å²) in [6, 6.07) is 5.32. The maximum Gasteiger partial charge on any atom is 0.125 e. The van der Waals surface area contributed by atoms with Gasteiger partial charge in [-0.1, -0.05) is 19.9 Å². The SMILES string of the molecule is CN(Cc1ccc(F)cc1N)C1CCC(C)(C)CC1. The molecule has 1 fully saturated rings. The number of benzene rings is 1. The molecule has 1 aromatic carbocycles. The first kappa shape index (κ1) is 14.3. The van der Waals surface area contributed by atoms with E-state index in [1.807, 2.05) is 0 Å². The second-order valence-electron chi connectivity index (χ2n) is 6.65. The van der Waals surface area contributed by atoms with Crippen LogP contribution < -0.4 is 5.73 Å². The van der Waals surface area contributed by atoms with Gasteiger partial charge in [0.15, 0.2) is 0 Å². The quantitative estimate of drug-likeness (QED) is 0.841. The van der Waals surface area contributed by atoms with Crippen molar-refractivity contribution >= 4 is 5.69 Å². The molecule has 2 N–H and O–H groups in total. The summed E-state index contributed by atoms with van der Waals surface area (Å²) in [5, 5.41) is 0. The highest BCUT2D eigenvalue weighted by Gasteiger charge is 2.28. The van der Waals surface area contributed by atoms with Crippen molar-refractivity contribution in [3.63, 3.8) is 0 Å².